The second-order valence-electron chi connectivity index (χ2n) is 5.85. The SMILES string of the molecule is CN(CCN1CCCC1)c1noc(-c2ccccc2)c1C(=O)O. The van der Waals surface area contributed by atoms with Gasteiger partial charge >= 0.3 is 5.97 Å². The van der Waals surface area contributed by atoms with Gasteiger partial charge in [-0.25, -0.2) is 4.79 Å². The van der Waals surface area contributed by atoms with Crippen LogP contribution in [0.2, 0.25) is 0 Å². The number of carboxylic acid groups (broad SMARTS) is 1. The molecule has 0 aliphatic carbocycles. The van der Waals surface area contributed by atoms with Crippen LogP contribution in [0.3, 0.4) is 0 Å². The molecule has 0 saturated carbocycles. The van der Waals surface area contributed by atoms with Crippen molar-refractivity contribution in [3.8, 4) is 11.3 Å². The van der Waals surface area contributed by atoms with Gasteiger partial charge in [0.1, 0.15) is 0 Å². The predicted molar refractivity (Wildman–Crippen MR) is 87.8 cm³/mol. The number of rotatable bonds is 6. The van der Waals surface area contributed by atoms with Gasteiger partial charge in [0.15, 0.2) is 17.1 Å². The lowest BCUT2D eigenvalue weighted by Gasteiger charge is -2.21. The minimum atomic E-state index is -1.02. The second-order valence-corrected chi connectivity index (χ2v) is 5.85. The van der Waals surface area contributed by atoms with Gasteiger partial charge < -0.3 is 19.4 Å². The first-order valence-corrected chi connectivity index (χ1v) is 7.88. The van der Waals surface area contributed by atoms with Gasteiger partial charge in [0.25, 0.3) is 0 Å². The molecule has 0 spiro atoms. The topological polar surface area (TPSA) is 69.8 Å². The summed E-state index contributed by atoms with van der Waals surface area (Å²) in [5.41, 5.74) is 0.844. The normalized spacial score (nSPS) is 15.0. The fourth-order valence-corrected chi connectivity index (χ4v) is 2.93. The van der Waals surface area contributed by atoms with Crippen molar-refractivity contribution in [1.82, 2.24) is 10.1 Å². The van der Waals surface area contributed by atoms with Crippen LogP contribution in [0.15, 0.2) is 34.9 Å². The maximum Gasteiger partial charge on any atom is 0.343 e. The average Bonchev–Trinajstić information content (AvgIpc) is 3.22. The number of hydrogen-bond donors (Lipinski definition) is 1. The van der Waals surface area contributed by atoms with E-state index in [1.165, 1.54) is 12.8 Å². The molecule has 1 aromatic heterocycles. The van der Waals surface area contributed by atoms with Gasteiger partial charge in [0, 0.05) is 25.7 Å². The standard InChI is InChI=1S/C17H21N3O3/c1-19(11-12-20-9-5-6-10-20)16-14(17(21)22)15(23-18-16)13-7-3-2-4-8-13/h2-4,7-8H,5-6,9-12H2,1H3,(H,21,22). The summed E-state index contributed by atoms with van der Waals surface area (Å²) >= 11 is 0. The van der Waals surface area contributed by atoms with E-state index >= 15 is 0 Å². The smallest absolute Gasteiger partial charge is 0.343 e. The van der Waals surface area contributed by atoms with Crippen molar-refractivity contribution >= 4 is 11.8 Å². The van der Waals surface area contributed by atoms with E-state index in [4.69, 9.17) is 4.52 Å². The number of carbonyl (C=O) groups is 1. The Hall–Kier alpha value is -2.34. The van der Waals surface area contributed by atoms with E-state index in [0.29, 0.717) is 11.6 Å². The van der Waals surface area contributed by atoms with Crippen LogP contribution in [0.25, 0.3) is 11.3 Å². The summed E-state index contributed by atoms with van der Waals surface area (Å²) < 4.78 is 5.35. The van der Waals surface area contributed by atoms with Crippen molar-refractivity contribution in [3.63, 3.8) is 0 Å². The Kier molecular flexibility index (Phi) is 4.62. The molecule has 1 saturated heterocycles. The lowest BCUT2D eigenvalue weighted by Crippen LogP contribution is -2.32. The van der Waals surface area contributed by atoms with Crippen molar-refractivity contribution in [2.75, 3.05) is 38.1 Å². The number of likely N-dealkylation sites (N-methyl/N-ethyl adjacent to an activating group) is 1. The quantitative estimate of drug-likeness (QED) is 0.883. The molecule has 0 radical (unpaired) electrons. The zero-order valence-corrected chi connectivity index (χ0v) is 13.2. The lowest BCUT2D eigenvalue weighted by atomic mass is 10.1. The van der Waals surface area contributed by atoms with E-state index in [1.54, 1.807) is 0 Å². The van der Waals surface area contributed by atoms with Crippen LogP contribution in [0, 0.1) is 0 Å². The third-order valence-electron chi connectivity index (χ3n) is 4.24. The number of benzene rings is 1. The van der Waals surface area contributed by atoms with Crippen LogP contribution < -0.4 is 4.90 Å². The van der Waals surface area contributed by atoms with E-state index in [-0.39, 0.29) is 5.56 Å². The minimum absolute atomic E-state index is 0.125. The highest BCUT2D eigenvalue weighted by Crippen LogP contribution is 2.30. The molecule has 23 heavy (non-hydrogen) atoms. The van der Waals surface area contributed by atoms with Crippen LogP contribution in [-0.2, 0) is 0 Å². The molecule has 1 aliphatic rings. The second kappa shape index (κ2) is 6.83. The van der Waals surface area contributed by atoms with Gasteiger partial charge in [-0.1, -0.05) is 35.5 Å². The fraction of sp³-hybridized carbons (Fsp3) is 0.412. The summed E-state index contributed by atoms with van der Waals surface area (Å²) in [7, 11) is 1.86. The molecular formula is C17H21N3O3. The van der Waals surface area contributed by atoms with E-state index in [1.807, 2.05) is 42.3 Å². The Labute approximate surface area is 135 Å². The van der Waals surface area contributed by atoms with Crippen LogP contribution in [0.4, 0.5) is 5.82 Å². The summed E-state index contributed by atoms with van der Waals surface area (Å²) in [6.07, 6.45) is 2.48. The number of nitrogens with zero attached hydrogens (tertiary/aromatic N) is 3. The largest absolute Gasteiger partial charge is 0.477 e. The summed E-state index contributed by atoms with van der Waals surface area (Å²) in [5.74, 6) is -0.329. The van der Waals surface area contributed by atoms with Crippen LogP contribution >= 0.6 is 0 Å². The number of anilines is 1. The Balaban J connectivity index is 1.81. The maximum absolute atomic E-state index is 11.7. The van der Waals surface area contributed by atoms with Gasteiger partial charge in [0.05, 0.1) is 0 Å². The summed E-state index contributed by atoms with van der Waals surface area (Å²) in [6, 6.07) is 9.21. The molecule has 2 aromatic rings. The minimum Gasteiger partial charge on any atom is -0.477 e. The molecule has 1 fully saturated rings. The molecule has 1 aromatic carbocycles. The molecule has 0 unspecified atom stereocenters. The highest BCUT2D eigenvalue weighted by atomic mass is 16.5. The molecule has 6 nitrogen and oxygen atoms in total. The zero-order valence-electron chi connectivity index (χ0n) is 13.2. The Morgan fingerprint density at radius 2 is 2.00 bits per heavy atom. The number of hydrogen-bond acceptors (Lipinski definition) is 5. The predicted octanol–water partition coefficient (Wildman–Crippen LogP) is 2.57. The van der Waals surface area contributed by atoms with Crippen molar-refractivity contribution < 1.29 is 14.4 Å². The van der Waals surface area contributed by atoms with E-state index in [2.05, 4.69) is 10.1 Å². The first-order chi connectivity index (χ1) is 11.2. The fourth-order valence-electron chi connectivity index (χ4n) is 2.93. The highest BCUT2D eigenvalue weighted by Gasteiger charge is 2.26. The van der Waals surface area contributed by atoms with Gasteiger partial charge in [-0.2, -0.15) is 0 Å². The summed E-state index contributed by atoms with van der Waals surface area (Å²) in [6.45, 7) is 3.87. The van der Waals surface area contributed by atoms with Gasteiger partial charge in [-0.3, -0.25) is 0 Å². The molecule has 2 heterocycles. The highest BCUT2D eigenvalue weighted by molar-refractivity contribution is 5.99. The monoisotopic (exact) mass is 315 g/mol. The Bertz CT molecular complexity index is 663. The molecule has 1 aliphatic heterocycles. The van der Waals surface area contributed by atoms with Crippen molar-refractivity contribution in [2.45, 2.75) is 12.8 Å². The van der Waals surface area contributed by atoms with Crippen molar-refractivity contribution in [1.29, 1.82) is 0 Å². The molecular weight excluding hydrogens is 294 g/mol. The van der Waals surface area contributed by atoms with E-state index in [9.17, 15) is 9.90 Å². The molecule has 0 amide bonds. The molecule has 3 rings (SSSR count). The Morgan fingerprint density at radius 1 is 1.30 bits per heavy atom. The van der Waals surface area contributed by atoms with Crippen LogP contribution in [-0.4, -0.2) is 54.4 Å². The maximum atomic E-state index is 11.7. The first kappa shape index (κ1) is 15.6. The Morgan fingerprint density at radius 3 is 2.65 bits per heavy atom. The third kappa shape index (κ3) is 3.37. The average molecular weight is 315 g/mol. The summed E-state index contributed by atoms with van der Waals surface area (Å²) in [4.78, 5) is 15.9. The van der Waals surface area contributed by atoms with E-state index < -0.39 is 5.97 Å². The van der Waals surface area contributed by atoms with Crippen molar-refractivity contribution in [2.24, 2.45) is 0 Å². The lowest BCUT2D eigenvalue weighted by molar-refractivity contribution is 0.0698. The van der Waals surface area contributed by atoms with Gasteiger partial charge in [0.2, 0.25) is 0 Å². The van der Waals surface area contributed by atoms with Crippen LogP contribution in [0.1, 0.15) is 23.2 Å². The number of aromatic nitrogens is 1. The molecule has 122 valence electrons. The van der Waals surface area contributed by atoms with E-state index in [0.717, 1.165) is 31.7 Å². The molecule has 0 bridgehead atoms. The first-order valence-electron chi connectivity index (χ1n) is 7.88. The number of likely N-dealkylation sites (tertiary alicyclic amines) is 1. The van der Waals surface area contributed by atoms with Gasteiger partial charge in [-0.15, -0.1) is 0 Å². The molecule has 0 atom stereocenters. The zero-order chi connectivity index (χ0) is 16.2. The van der Waals surface area contributed by atoms with Crippen LogP contribution in [0.5, 0.6) is 0 Å². The molecule has 1 N–H and O–H groups in total. The van der Waals surface area contributed by atoms with Crippen molar-refractivity contribution in [3.05, 3.63) is 35.9 Å². The third-order valence-corrected chi connectivity index (χ3v) is 4.24. The summed E-state index contributed by atoms with van der Waals surface area (Å²) in [5, 5.41) is 13.6. The molecule has 6 heteroatoms. The number of carboxylic acids is 1. The van der Waals surface area contributed by atoms with Gasteiger partial charge in [-0.05, 0) is 25.9 Å². The number of aromatic carboxylic acids is 1.